The van der Waals surface area contributed by atoms with Gasteiger partial charge < -0.3 is 20.0 Å². The number of carbonyl (C=O) groups excluding carboxylic acids is 1. The third-order valence-electron chi connectivity index (χ3n) is 3.78. The van der Waals surface area contributed by atoms with Gasteiger partial charge >= 0.3 is 0 Å². The highest BCUT2D eigenvalue weighted by Crippen LogP contribution is 2.34. The monoisotopic (exact) mass is 313 g/mol. The molecule has 0 aliphatic rings. The van der Waals surface area contributed by atoms with E-state index in [0.717, 1.165) is 23.8 Å². The second kappa shape index (κ2) is 6.16. The number of para-hydroxylation sites is 1. The van der Waals surface area contributed by atoms with E-state index in [0.29, 0.717) is 11.3 Å². The topological polar surface area (TPSA) is 94.3 Å². The minimum absolute atomic E-state index is 0.00600. The van der Waals surface area contributed by atoms with Crippen LogP contribution in [-0.4, -0.2) is 17.1 Å². The predicted molar refractivity (Wildman–Crippen MR) is 88.0 cm³/mol. The van der Waals surface area contributed by atoms with Crippen LogP contribution >= 0.6 is 0 Å². The highest BCUT2D eigenvalue weighted by Gasteiger charge is 2.25. The van der Waals surface area contributed by atoms with E-state index in [1.807, 2.05) is 31.2 Å². The Morgan fingerprint density at radius 1 is 1.39 bits per heavy atom. The summed E-state index contributed by atoms with van der Waals surface area (Å²) in [5, 5.41) is 7.74. The summed E-state index contributed by atoms with van der Waals surface area (Å²) in [5.74, 6) is -0.281. The van der Waals surface area contributed by atoms with Gasteiger partial charge in [-0.05, 0) is 19.4 Å². The fraction of sp³-hybridized carbons (Fsp3) is 0.294. The maximum atomic E-state index is 12.5. The highest BCUT2D eigenvalue weighted by atomic mass is 16.5. The van der Waals surface area contributed by atoms with E-state index in [1.165, 1.54) is 0 Å². The number of carbonyl (C=O) groups is 1. The molecule has 0 fully saturated rings. The van der Waals surface area contributed by atoms with Gasteiger partial charge in [-0.1, -0.05) is 36.7 Å². The summed E-state index contributed by atoms with van der Waals surface area (Å²) in [4.78, 5) is 12.5. The van der Waals surface area contributed by atoms with Crippen LogP contribution in [-0.2, 0) is 0 Å². The Hall–Kier alpha value is -2.76. The van der Waals surface area contributed by atoms with E-state index in [2.05, 4.69) is 17.4 Å². The van der Waals surface area contributed by atoms with Crippen LogP contribution in [0, 0.1) is 0 Å². The smallest absolute Gasteiger partial charge is 0.259 e. The third-order valence-corrected chi connectivity index (χ3v) is 3.78. The lowest BCUT2D eigenvalue weighted by molar-refractivity contribution is 0.0939. The first-order valence-electron chi connectivity index (χ1n) is 7.64. The van der Waals surface area contributed by atoms with Gasteiger partial charge in [0.05, 0.1) is 5.56 Å². The largest absolute Gasteiger partial charge is 0.464 e. The zero-order valence-electron chi connectivity index (χ0n) is 13.1. The number of aromatic nitrogens is 1. The van der Waals surface area contributed by atoms with Gasteiger partial charge in [0.15, 0.2) is 0 Å². The fourth-order valence-corrected chi connectivity index (χ4v) is 2.67. The number of hydrogen-bond donors (Lipinski definition) is 2. The number of benzene rings is 1. The molecule has 1 amide bonds. The van der Waals surface area contributed by atoms with E-state index < -0.39 is 0 Å². The van der Waals surface area contributed by atoms with Gasteiger partial charge in [-0.2, -0.15) is 0 Å². The van der Waals surface area contributed by atoms with Gasteiger partial charge in [0.2, 0.25) is 5.88 Å². The predicted octanol–water partition coefficient (Wildman–Crippen LogP) is 3.59. The molecule has 120 valence electrons. The van der Waals surface area contributed by atoms with Crippen LogP contribution < -0.4 is 11.1 Å². The molecule has 0 saturated heterocycles. The molecule has 6 nitrogen and oxygen atoms in total. The van der Waals surface area contributed by atoms with Gasteiger partial charge in [0.25, 0.3) is 5.91 Å². The van der Waals surface area contributed by atoms with Crippen LogP contribution in [0.3, 0.4) is 0 Å². The van der Waals surface area contributed by atoms with Crippen molar-refractivity contribution in [2.45, 2.75) is 32.7 Å². The van der Waals surface area contributed by atoms with E-state index in [1.54, 1.807) is 6.26 Å². The fourth-order valence-electron chi connectivity index (χ4n) is 2.67. The summed E-state index contributed by atoms with van der Waals surface area (Å²) >= 11 is 0. The number of nitrogens with two attached hydrogens (primary N) is 1. The molecule has 2 heterocycles. The molecule has 3 rings (SSSR count). The molecular weight excluding hydrogens is 294 g/mol. The van der Waals surface area contributed by atoms with Crippen molar-refractivity contribution in [1.82, 2.24) is 10.5 Å². The number of fused-ring (bicyclic) bond motifs is 1. The summed E-state index contributed by atoms with van der Waals surface area (Å²) < 4.78 is 10.6. The molecule has 0 aliphatic heterocycles. The first-order valence-corrected chi connectivity index (χ1v) is 7.64. The lowest BCUT2D eigenvalue weighted by atomic mass is 10.1. The van der Waals surface area contributed by atoms with Crippen molar-refractivity contribution < 1.29 is 13.7 Å². The Labute approximate surface area is 133 Å². The van der Waals surface area contributed by atoms with Gasteiger partial charge in [-0.3, -0.25) is 4.79 Å². The van der Waals surface area contributed by atoms with Crippen LogP contribution in [0.2, 0.25) is 0 Å². The molecule has 6 heteroatoms. The highest BCUT2D eigenvalue weighted by molar-refractivity contribution is 6.06. The SMILES string of the molecule is CCCC(C)NC(=O)c1c(-c2coc3ccccc23)noc1N. The number of hydrogen-bond acceptors (Lipinski definition) is 5. The quantitative estimate of drug-likeness (QED) is 0.750. The molecule has 1 unspecified atom stereocenters. The molecule has 23 heavy (non-hydrogen) atoms. The van der Waals surface area contributed by atoms with Gasteiger partial charge in [-0.25, -0.2) is 0 Å². The first-order chi connectivity index (χ1) is 11.1. The van der Waals surface area contributed by atoms with Gasteiger partial charge in [0, 0.05) is 11.4 Å². The summed E-state index contributed by atoms with van der Waals surface area (Å²) in [7, 11) is 0. The maximum absolute atomic E-state index is 12.5. The van der Waals surface area contributed by atoms with E-state index in [9.17, 15) is 4.79 Å². The van der Waals surface area contributed by atoms with E-state index >= 15 is 0 Å². The molecule has 0 bridgehead atoms. The molecule has 0 aliphatic carbocycles. The average molecular weight is 313 g/mol. The molecule has 1 atom stereocenters. The molecule has 3 N–H and O–H groups in total. The Balaban J connectivity index is 2.00. The minimum Gasteiger partial charge on any atom is -0.464 e. The molecule has 3 aromatic rings. The molecule has 1 aromatic carbocycles. The van der Waals surface area contributed by atoms with Gasteiger partial charge in [0.1, 0.15) is 23.1 Å². The summed E-state index contributed by atoms with van der Waals surface area (Å²) in [6.45, 7) is 4.03. The van der Waals surface area contributed by atoms with Crippen molar-refractivity contribution in [3.8, 4) is 11.3 Å². The van der Waals surface area contributed by atoms with Crippen molar-refractivity contribution >= 4 is 22.8 Å². The number of rotatable bonds is 5. The van der Waals surface area contributed by atoms with Crippen LogP contribution in [0.25, 0.3) is 22.2 Å². The second-order valence-electron chi connectivity index (χ2n) is 5.58. The zero-order chi connectivity index (χ0) is 16.4. The summed E-state index contributed by atoms with van der Waals surface area (Å²) in [5.41, 5.74) is 7.87. The standard InChI is InChI=1S/C17H19N3O3/c1-3-6-10(2)19-17(21)14-15(20-23-16(14)18)12-9-22-13-8-5-4-7-11(12)13/h4-5,7-10H,3,6,18H2,1-2H3,(H,19,21). The van der Waals surface area contributed by atoms with Crippen molar-refractivity contribution in [1.29, 1.82) is 0 Å². The summed E-state index contributed by atoms with van der Waals surface area (Å²) in [6, 6.07) is 7.59. The van der Waals surface area contributed by atoms with E-state index in [-0.39, 0.29) is 23.4 Å². The molecule has 2 aromatic heterocycles. The number of nitrogen functional groups attached to an aromatic ring is 1. The zero-order valence-corrected chi connectivity index (χ0v) is 13.1. The Morgan fingerprint density at radius 3 is 2.96 bits per heavy atom. The minimum atomic E-state index is -0.287. The van der Waals surface area contributed by atoms with Crippen LogP contribution in [0.1, 0.15) is 37.0 Å². The lowest BCUT2D eigenvalue weighted by Gasteiger charge is -2.12. The van der Waals surface area contributed by atoms with Crippen molar-refractivity contribution in [3.05, 3.63) is 36.1 Å². The third kappa shape index (κ3) is 2.79. The molecule has 0 spiro atoms. The van der Waals surface area contributed by atoms with Crippen molar-refractivity contribution in [2.75, 3.05) is 5.73 Å². The van der Waals surface area contributed by atoms with Gasteiger partial charge in [-0.15, -0.1) is 0 Å². The van der Waals surface area contributed by atoms with Crippen LogP contribution in [0.5, 0.6) is 0 Å². The van der Waals surface area contributed by atoms with E-state index in [4.69, 9.17) is 14.7 Å². The van der Waals surface area contributed by atoms with Crippen LogP contribution in [0.15, 0.2) is 39.5 Å². The number of nitrogens with zero attached hydrogens (tertiary/aromatic N) is 1. The molecular formula is C17H19N3O3. The second-order valence-corrected chi connectivity index (χ2v) is 5.58. The molecule has 0 radical (unpaired) electrons. The lowest BCUT2D eigenvalue weighted by Crippen LogP contribution is -2.32. The van der Waals surface area contributed by atoms with Crippen molar-refractivity contribution in [2.24, 2.45) is 0 Å². The molecule has 0 saturated carbocycles. The number of furan rings is 1. The number of anilines is 1. The summed E-state index contributed by atoms with van der Waals surface area (Å²) in [6.07, 6.45) is 3.44. The van der Waals surface area contributed by atoms with Crippen LogP contribution in [0.4, 0.5) is 5.88 Å². The first kappa shape index (κ1) is 15.1. The Kier molecular flexibility index (Phi) is 4.06. The van der Waals surface area contributed by atoms with Crippen molar-refractivity contribution in [3.63, 3.8) is 0 Å². The normalized spacial score (nSPS) is 12.4. The Morgan fingerprint density at radius 2 is 2.17 bits per heavy atom. The average Bonchev–Trinajstić information content (AvgIpc) is 3.10. The number of amides is 1. The maximum Gasteiger partial charge on any atom is 0.259 e. The Bertz CT molecular complexity index is 835. The number of nitrogens with one attached hydrogen (secondary N) is 1.